The first-order valence-electron chi connectivity index (χ1n) is 11.0. The maximum absolute atomic E-state index is 9.66. The zero-order chi connectivity index (χ0) is 22.2. The molecule has 0 radical (unpaired) electrons. The third-order valence-electron chi connectivity index (χ3n) is 6.20. The van der Waals surface area contributed by atoms with Gasteiger partial charge >= 0.3 is 0 Å². The zero-order valence-electron chi connectivity index (χ0n) is 18.0. The smallest absolute Gasteiger partial charge is 0.231 e. The summed E-state index contributed by atoms with van der Waals surface area (Å²) < 4.78 is 17.1. The van der Waals surface area contributed by atoms with Gasteiger partial charge in [0.05, 0.1) is 11.1 Å². The van der Waals surface area contributed by atoms with Crippen LogP contribution in [0, 0.1) is 11.3 Å². The third-order valence-corrected chi connectivity index (χ3v) is 6.20. The number of aliphatic imine (C=N–C) groups is 1. The second-order valence-corrected chi connectivity index (χ2v) is 8.25. The van der Waals surface area contributed by atoms with Gasteiger partial charge in [-0.1, -0.05) is 24.3 Å². The number of fused-ring (bicyclic) bond motifs is 3. The largest absolute Gasteiger partial charge is 0.454 e. The molecule has 3 aromatic carbocycles. The van der Waals surface area contributed by atoms with Gasteiger partial charge in [-0.3, -0.25) is 4.90 Å². The second-order valence-electron chi connectivity index (χ2n) is 8.25. The van der Waals surface area contributed by atoms with Crippen LogP contribution in [-0.4, -0.2) is 48.6 Å². The van der Waals surface area contributed by atoms with Crippen molar-refractivity contribution in [1.82, 2.24) is 9.80 Å². The normalized spacial score (nSPS) is 16.7. The van der Waals surface area contributed by atoms with Gasteiger partial charge < -0.3 is 19.1 Å². The fraction of sp³-hybridized carbons (Fsp3) is 0.231. The first-order chi connectivity index (χ1) is 16.3. The first-order valence-corrected chi connectivity index (χ1v) is 11.0. The van der Waals surface area contributed by atoms with Crippen LogP contribution in [0.15, 0.2) is 65.7 Å². The number of ether oxygens (including phenoxy) is 3. The monoisotopic (exact) mass is 438 g/mol. The molecule has 164 valence electrons. The van der Waals surface area contributed by atoms with E-state index in [2.05, 4.69) is 28.0 Å². The van der Waals surface area contributed by atoms with Crippen molar-refractivity contribution >= 4 is 11.5 Å². The highest BCUT2D eigenvalue weighted by Gasteiger charge is 2.27. The van der Waals surface area contributed by atoms with E-state index in [-0.39, 0.29) is 0 Å². The molecule has 0 atom stereocenters. The van der Waals surface area contributed by atoms with E-state index < -0.39 is 0 Å². The minimum absolute atomic E-state index is 0.293. The van der Waals surface area contributed by atoms with Crippen LogP contribution in [-0.2, 0) is 6.54 Å². The van der Waals surface area contributed by atoms with E-state index in [4.69, 9.17) is 19.2 Å². The molecule has 3 aliphatic rings. The van der Waals surface area contributed by atoms with Crippen LogP contribution in [0.3, 0.4) is 0 Å². The molecule has 7 heteroatoms. The molecule has 0 aliphatic carbocycles. The highest BCUT2D eigenvalue weighted by atomic mass is 16.7. The number of benzene rings is 3. The van der Waals surface area contributed by atoms with Crippen LogP contribution < -0.4 is 14.2 Å². The Bertz CT molecular complexity index is 1290. The lowest BCUT2D eigenvalue weighted by Gasteiger charge is -2.36. The molecule has 1 saturated heterocycles. The molecule has 0 N–H and O–H groups in total. The van der Waals surface area contributed by atoms with Crippen molar-refractivity contribution in [2.75, 3.05) is 33.0 Å². The van der Waals surface area contributed by atoms with Gasteiger partial charge in [-0.25, -0.2) is 4.99 Å². The molecule has 0 unspecified atom stereocenters. The summed E-state index contributed by atoms with van der Waals surface area (Å²) in [4.78, 5) is 9.71. The molecule has 1 fully saturated rings. The Hall–Kier alpha value is -4.02. The van der Waals surface area contributed by atoms with Gasteiger partial charge in [0.25, 0.3) is 0 Å². The van der Waals surface area contributed by atoms with E-state index >= 15 is 0 Å². The van der Waals surface area contributed by atoms with E-state index in [0.717, 1.165) is 61.3 Å². The SMILES string of the molecule is N#Cc1cccc2c1Oc1ccccc1N=C2N1CCN(Cc2ccc3c(c2)OCO3)CC1. The molecule has 0 spiro atoms. The molecule has 3 aromatic rings. The lowest BCUT2D eigenvalue weighted by atomic mass is 10.1. The lowest BCUT2D eigenvalue weighted by Crippen LogP contribution is -2.48. The number of nitriles is 1. The van der Waals surface area contributed by atoms with Crippen LogP contribution in [0.2, 0.25) is 0 Å². The highest BCUT2D eigenvalue weighted by molar-refractivity contribution is 6.04. The number of hydrogen-bond acceptors (Lipinski definition) is 7. The Kier molecular flexibility index (Phi) is 4.85. The van der Waals surface area contributed by atoms with Crippen LogP contribution in [0.25, 0.3) is 0 Å². The predicted molar refractivity (Wildman–Crippen MR) is 123 cm³/mol. The maximum Gasteiger partial charge on any atom is 0.231 e. The van der Waals surface area contributed by atoms with E-state index in [0.29, 0.717) is 23.9 Å². The molecular formula is C26H22N4O3. The average Bonchev–Trinajstić information content (AvgIpc) is 3.25. The number of nitrogens with zero attached hydrogens (tertiary/aromatic N) is 4. The quantitative estimate of drug-likeness (QED) is 0.595. The number of rotatable bonds is 2. The fourth-order valence-corrected chi connectivity index (χ4v) is 4.49. The van der Waals surface area contributed by atoms with Gasteiger partial charge in [0, 0.05) is 32.7 Å². The number of amidine groups is 1. The molecule has 33 heavy (non-hydrogen) atoms. The van der Waals surface area contributed by atoms with Crippen molar-refractivity contribution in [2.45, 2.75) is 6.54 Å². The molecule has 3 aliphatic heterocycles. The van der Waals surface area contributed by atoms with Gasteiger partial charge in [-0.15, -0.1) is 0 Å². The molecule has 7 nitrogen and oxygen atoms in total. The molecule has 6 rings (SSSR count). The first kappa shape index (κ1) is 19.6. The molecule has 0 aromatic heterocycles. The van der Waals surface area contributed by atoms with Crippen molar-refractivity contribution in [1.29, 1.82) is 5.26 Å². The number of hydrogen-bond donors (Lipinski definition) is 0. The summed E-state index contributed by atoms with van der Waals surface area (Å²) in [5.74, 6) is 3.73. The van der Waals surface area contributed by atoms with E-state index in [1.54, 1.807) is 6.07 Å². The second kappa shape index (κ2) is 8.15. The van der Waals surface area contributed by atoms with Gasteiger partial charge in [0.1, 0.15) is 17.6 Å². The summed E-state index contributed by atoms with van der Waals surface area (Å²) in [7, 11) is 0. The van der Waals surface area contributed by atoms with Crippen molar-refractivity contribution in [3.63, 3.8) is 0 Å². The fourth-order valence-electron chi connectivity index (χ4n) is 4.49. The lowest BCUT2D eigenvalue weighted by molar-refractivity contribution is 0.172. The Morgan fingerprint density at radius 3 is 2.61 bits per heavy atom. The minimum Gasteiger partial charge on any atom is -0.454 e. The summed E-state index contributed by atoms with van der Waals surface area (Å²) in [5, 5.41) is 9.66. The van der Waals surface area contributed by atoms with Gasteiger partial charge in [-0.05, 0) is 42.0 Å². The molecule has 0 saturated carbocycles. The number of piperazine rings is 1. The molecular weight excluding hydrogens is 416 g/mol. The predicted octanol–water partition coefficient (Wildman–Crippen LogP) is 4.29. The van der Waals surface area contributed by atoms with Gasteiger partial charge in [-0.2, -0.15) is 5.26 Å². The summed E-state index contributed by atoms with van der Waals surface area (Å²) in [6.07, 6.45) is 0. The van der Waals surface area contributed by atoms with Gasteiger partial charge in [0.2, 0.25) is 6.79 Å². The van der Waals surface area contributed by atoms with Crippen LogP contribution in [0.1, 0.15) is 16.7 Å². The molecule has 0 bridgehead atoms. The highest BCUT2D eigenvalue weighted by Crippen LogP contribution is 2.40. The van der Waals surface area contributed by atoms with Crippen LogP contribution >= 0.6 is 0 Å². The van der Waals surface area contributed by atoms with E-state index in [9.17, 15) is 5.26 Å². The van der Waals surface area contributed by atoms with Crippen molar-refractivity contribution in [3.05, 3.63) is 77.4 Å². The van der Waals surface area contributed by atoms with Gasteiger partial charge in [0.15, 0.2) is 23.0 Å². The summed E-state index contributed by atoms with van der Waals surface area (Å²) in [6.45, 7) is 4.63. The van der Waals surface area contributed by atoms with E-state index in [1.165, 1.54) is 5.56 Å². The average molecular weight is 438 g/mol. The summed E-state index contributed by atoms with van der Waals surface area (Å²) >= 11 is 0. The standard InChI is InChI=1S/C26H22N4O3/c27-15-19-4-3-5-20-25(19)33-22-7-2-1-6-21(22)28-26(20)30-12-10-29(11-13-30)16-18-8-9-23-24(14-18)32-17-31-23/h1-9,14H,10-13,16-17H2. The Labute approximate surface area is 192 Å². The van der Waals surface area contributed by atoms with Crippen molar-refractivity contribution < 1.29 is 14.2 Å². The Balaban J connectivity index is 1.25. The number of para-hydroxylation sites is 3. The minimum atomic E-state index is 0.293. The maximum atomic E-state index is 9.66. The van der Waals surface area contributed by atoms with Crippen molar-refractivity contribution in [2.24, 2.45) is 4.99 Å². The molecule has 3 heterocycles. The zero-order valence-corrected chi connectivity index (χ0v) is 18.0. The Morgan fingerprint density at radius 1 is 0.879 bits per heavy atom. The van der Waals surface area contributed by atoms with E-state index in [1.807, 2.05) is 42.5 Å². The summed E-state index contributed by atoms with van der Waals surface area (Å²) in [5.41, 5.74) is 3.36. The Morgan fingerprint density at radius 2 is 1.73 bits per heavy atom. The summed E-state index contributed by atoms with van der Waals surface area (Å²) in [6, 6.07) is 21.8. The van der Waals surface area contributed by atoms with Crippen LogP contribution in [0.4, 0.5) is 5.69 Å². The topological polar surface area (TPSA) is 70.3 Å². The van der Waals surface area contributed by atoms with Crippen LogP contribution in [0.5, 0.6) is 23.0 Å². The van der Waals surface area contributed by atoms with Crippen molar-refractivity contribution in [3.8, 4) is 29.1 Å². The molecule has 0 amide bonds. The third kappa shape index (κ3) is 3.65.